The molecule has 0 saturated carbocycles. The van der Waals surface area contributed by atoms with Gasteiger partial charge in [-0.05, 0) is 51.1 Å². The van der Waals surface area contributed by atoms with Crippen molar-refractivity contribution in [2.24, 2.45) is 11.8 Å². The molecular formula is C16H24FN3O. The zero-order chi connectivity index (χ0) is 15.6. The van der Waals surface area contributed by atoms with Crippen LogP contribution < -0.4 is 15.5 Å². The molecule has 0 spiro atoms. The third kappa shape index (κ3) is 3.53. The zero-order valence-electron chi connectivity index (χ0n) is 13.1. The highest BCUT2D eigenvalue weighted by atomic mass is 19.1. The highest BCUT2D eigenvalue weighted by Crippen LogP contribution is 2.24. The van der Waals surface area contributed by atoms with Crippen LogP contribution in [-0.4, -0.2) is 32.1 Å². The van der Waals surface area contributed by atoms with E-state index in [1.165, 1.54) is 6.07 Å². The molecule has 0 radical (unpaired) electrons. The van der Waals surface area contributed by atoms with Gasteiger partial charge < -0.3 is 15.5 Å². The molecule has 1 heterocycles. The van der Waals surface area contributed by atoms with Crippen LogP contribution >= 0.6 is 0 Å². The molecular weight excluding hydrogens is 269 g/mol. The van der Waals surface area contributed by atoms with Gasteiger partial charge in [0.05, 0.1) is 5.69 Å². The second-order valence-corrected chi connectivity index (χ2v) is 6.07. The zero-order valence-corrected chi connectivity index (χ0v) is 13.1. The first kappa shape index (κ1) is 15.8. The Hall–Kier alpha value is -1.62. The van der Waals surface area contributed by atoms with Crippen molar-refractivity contribution < 1.29 is 9.18 Å². The SMILES string of the molecule is CC(C(=O)Nc1ccc(N(C)C(C)C)c(F)c1)C1CNC1. The summed E-state index contributed by atoms with van der Waals surface area (Å²) in [6.07, 6.45) is 0. The largest absolute Gasteiger partial charge is 0.370 e. The molecule has 116 valence electrons. The highest BCUT2D eigenvalue weighted by Gasteiger charge is 2.28. The standard InChI is InChI=1S/C16H24FN3O/c1-10(2)20(4)15-6-5-13(7-14(15)17)19-16(21)11(3)12-8-18-9-12/h5-7,10-12,18H,8-9H2,1-4H3,(H,19,21). The molecule has 4 nitrogen and oxygen atoms in total. The molecule has 1 aliphatic rings. The van der Waals surface area contributed by atoms with Gasteiger partial charge in [-0.2, -0.15) is 0 Å². The molecule has 1 saturated heterocycles. The van der Waals surface area contributed by atoms with Crippen molar-refractivity contribution >= 4 is 17.3 Å². The Balaban J connectivity index is 2.04. The second kappa shape index (κ2) is 6.43. The van der Waals surface area contributed by atoms with Gasteiger partial charge in [0.1, 0.15) is 5.82 Å². The number of amides is 1. The molecule has 1 aliphatic heterocycles. The van der Waals surface area contributed by atoms with Gasteiger partial charge in [0.2, 0.25) is 5.91 Å². The number of halogens is 1. The molecule has 2 N–H and O–H groups in total. The molecule has 0 aromatic heterocycles. The van der Waals surface area contributed by atoms with Gasteiger partial charge in [-0.25, -0.2) is 4.39 Å². The van der Waals surface area contributed by atoms with Crippen LogP contribution in [0.2, 0.25) is 0 Å². The van der Waals surface area contributed by atoms with Gasteiger partial charge in [-0.15, -0.1) is 0 Å². The Morgan fingerprint density at radius 1 is 1.38 bits per heavy atom. The van der Waals surface area contributed by atoms with Crippen LogP contribution in [0, 0.1) is 17.7 Å². The topological polar surface area (TPSA) is 44.4 Å². The number of anilines is 2. The summed E-state index contributed by atoms with van der Waals surface area (Å²) in [5, 5.41) is 5.96. The van der Waals surface area contributed by atoms with Gasteiger partial charge in [-0.1, -0.05) is 6.92 Å². The molecule has 1 amide bonds. The lowest BCUT2D eigenvalue weighted by Gasteiger charge is -2.31. The van der Waals surface area contributed by atoms with Gasteiger partial charge in [0.25, 0.3) is 0 Å². The molecule has 1 aromatic carbocycles. The van der Waals surface area contributed by atoms with E-state index in [1.807, 2.05) is 32.7 Å². The van der Waals surface area contributed by atoms with E-state index in [2.05, 4.69) is 10.6 Å². The molecule has 1 fully saturated rings. The Kier molecular flexibility index (Phi) is 4.83. The van der Waals surface area contributed by atoms with Crippen molar-refractivity contribution in [1.82, 2.24) is 5.32 Å². The fourth-order valence-corrected chi connectivity index (χ4v) is 2.28. The number of carbonyl (C=O) groups excluding carboxylic acids is 1. The van der Waals surface area contributed by atoms with E-state index in [0.717, 1.165) is 13.1 Å². The number of nitrogens with one attached hydrogen (secondary N) is 2. The number of rotatable bonds is 5. The quantitative estimate of drug-likeness (QED) is 0.876. The molecule has 0 bridgehead atoms. The van der Waals surface area contributed by atoms with Crippen LogP contribution in [0.1, 0.15) is 20.8 Å². The molecule has 1 atom stereocenters. The number of hydrogen-bond donors (Lipinski definition) is 2. The summed E-state index contributed by atoms with van der Waals surface area (Å²) in [7, 11) is 1.85. The van der Waals surface area contributed by atoms with E-state index in [-0.39, 0.29) is 23.7 Å². The molecule has 1 unspecified atom stereocenters. The van der Waals surface area contributed by atoms with Gasteiger partial charge in [-0.3, -0.25) is 4.79 Å². The predicted molar refractivity (Wildman–Crippen MR) is 84.1 cm³/mol. The first-order valence-corrected chi connectivity index (χ1v) is 7.44. The van der Waals surface area contributed by atoms with Crippen LogP contribution in [0.5, 0.6) is 0 Å². The summed E-state index contributed by atoms with van der Waals surface area (Å²) in [5.41, 5.74) is 1.05. The van der Waals surface area contributed by atoms with Crippen molar-refractivity contribution in [3.05, 3.63) is 24.0 Å². The lowest BCUT2D eigenvalue weighted by Crippen LogP contribution is -2.48. The minimum absolute atomic E-state index is 0.0501. The Morgan fingerprint density at radius 3 is 2.52 bits per heavy atom. The summed E-state index contributed by atoms with van der Waals surface area (Å²) in [6, 6.07) is 5.06. The van der Waals surface area contributed by atoms with Crippen molar-refractivity contribution in [3.8, 4) is 0 Å². The summed E-state index contributed by atoms with van der Waals surface area (Å²) in [5.74, 6) is -0.0543. The number of benzene rings is 1. The van der Waals surface area contributed by atoms with Crippen LogP contribution in [0.15, 0.2) is 18.2 Å². The van der Waals surface area contributed by atoms with E-state index in [4.69, 9.17) is 0 Å². The van der Waals surface area contributed by atoms with Crippen LogP contribution in [0.4, 0.5) is 15.8 Å². The summed E-state index contributed by atoms with van der Waals surface area (Å²) < 4.78 is 14.1. The lowest BCUT2D eigenvalue weighted by atomic mass is 9.88. The smallest absolute Gasteiger partial charge is 0.227 e. The highest BCUT2D eigenvalue weighted by molar-refractivity contribution is 5.92. The van der Waals surface area contributed by atoms with E-state index in [1.54, 1.807) is 12.1 Å². The number of nitrogens with zero attached hydrogens (tertiary/aromatic N) is 1. The van der Waals surface area contributed by atoms with Gasteiger partial charge in [0, 0.05) is 24.7 Å². The Morgan fingerprint density at radius 2 is 2.05 bits per heavy atom. The van der Waals surface area contributed by atoms with E-state index < -0.39 is 0 Å². The van der Waals surface area contributed by atoms with E-state index >= 15 is 0 Å². The first-order chi connectivity index (χ1) is 9.90. The van der Waals surface area contributed by atoms with Crippen molar-refractivity contribution in [2.45, 2.75) is 26.8 Å². The maximum atomic E-state index is 14.1. The van der Waals surface area contributed by atoms with Crippen LogP contribution in [0.25, 0.3) is 0 Å². The van der Waals surface area contributed by atoms with Gasteiger partial charge >= 0.3 is 0 Å². The third-order valence-corrected chi connectivity index (χ3v) is 4.30. The second-order valence-electron chi connectivity index (χ2n) is 6.07. The first-order valence-electron chi connectivity index (χ1n) is 7.44. The maximum absolute atomic E-state index is 14.1. The summed E-state index contributed by atoms with van der Waals surface area (Å²) in [6.45, 7) is 7.67. The monoisotopic (exact) mass is 293 g/mol. The van der Waals surface area contributed by atoms with Gasteiger partial charge in [0.15, 0.2) is 0 Å². The minimum Gasteiger partial charge on any atom is -0.370 e. The molecule has 0 aliphatic carbocycles. The van der Waals surface area contributed by atoms with E-state index in [0.29, 0.717) is 17.3 Å². The number of hydrogen-bond acceptors (Lipinski definition) is 3. The Bertz CT molecular complexity index is 514. The third-order valence-electron chi connectivity index (χ3n) is 4.30. The summed E-state index contributed by atoms with van der Waals surface area (Å²) in [4.78, 5) is 14.0. The Labute approximate surface area is 125 Å². The summed E-state index contributed by atoms with van der Waals surface area (Å²) >= 11 is 0. The normalized spacial score (nSPS) is 16.5. The van der Waals surface area contributed by atoms with Crippen LogP contribution in [-0.2, 0) is 4.79 Å². The molecule has 21 heavy (non-hydrogen) atoms. The van der Waals surface area contributed by atoms with Crippen LogP contribution in [0.3, 0.4) is 0 Å². The maximum Gasteiger partial charge on any atom is 0.227 e. The van der Waals surface area contributed by atoms with E-state index in [9.17, 15) is 9.18 Å². The predicted octanol–water partition coefficient (Wildman–Crippen LogP) is 2.46. The molecule has 2 rings (SSSR count). The van der Waals surface area contributed by atoms with Crippen molar-refractivity contribution in [3.63, 3.8) is 0 Å². The van der Waals surface area contributed by atoms with Crippen molar-refractivity contribution in [1.29, 1.82) is 0 Å². The van der Waals surface area contributed by atoms with Crippen molar-refractivity contribution in [2.75, 3.05) is 30.4 Å². The lowest BCUT2D eigenvalue weighted by molar-refractivity contribution is -0.121. The molecule has 5 heteroatoms. The minimum atomic E-state index is -0.318. The molecule has 1 aromatic rings. The number of carbonyl (C=O) groups is 1. The average molecular weight is 293 g/mol. The fraction of sp³-hybridized carbons (Fsp3) is 0.562. The average Bonchev–Trinajstić information content (AvgIpc) is 2.35. The fourth-order valence-electron chi connectivity index (χ4n) is 2.28.